The van der Waals surface area contributed by atoms with Gasteiger partial charge in [0.25, 0.3) is 0 Å². The molecule has 6 heteroatoms. The van der Waals surface area contributed by atoms with E-state index >= 15 is 0 Å². The van der Waals surface area contributed by atoms with Crippen molar-refractivity contribution >= 4 is 23.3 Å². The van der Waals surface area contributed by atoms with E-state index in [9.17, 15) is 4.79 Å². The summed E-state index contributed by atoms with van der Waals surface area (Å²) in [4.78, 5) is 22.4. The lowest BCUT2D eigenvalue weighted by molar-refractivity contribution is 0.0601. The maximum atomic E-state index is 11.5. The molecule has 2 aromatic carbocycles. The molecule has 0 aliphatic rings. The monoisotopic (exact) mass is 362 g/mol. The standard InChI is InChI=1S/C21H22N4O2/c1-3-25(14-16-7-5-4-6-8-16)20-13-19(22-15-23-20)24-18-11-9-17(10-12-18)21(26)27-2/h4-13,15H,3,14H2,1-2H3,(H,22,23,24). The van der Waals surface area contributed by atoms with Crippen LogP contribution in [0.5, 0.6) is 0 Å². The van der Waals surface area contributed by atoms with Crippen LogP contribution < -0.4 is 10.2 Å². The van der Waals surface area contributed by atoms with E-state index in [2.05, 4.69) is 39.2 Å². The van der Waals surface area contributed by atoms with Crippen LogP contribution in [0.25, 0.3) is 0 Å². The lowest BCUT2D eigenvalue weighted by Gasteiger charge is -2.22. The first kappa shape index (κ1) is 18.4. The first-order valence-corrected chi connectivity index (χ1v) is 8.76. The van der Waals surface area contributed by atoms with Gasteiger partial charge >= 0.3 is 5.97 Å². The molecule has 0 atom stereocenters. The Morgan fingerprint density at radius 3 is 2.48 bits per heavy atom. The zero-order chi connectivity index (χ0) is 19.1. The van der Waals surface area contributed by atoms with Crippen molar-refractivity contribution in [2.45, 2.75) is 13.5 Å². The summed E-state index contributed by atoms with van der Waals surface area (Å²) in [6.07, 6.45) is 1.55. The summed E-state index contributed by atoms with van der Waals surface area (Å²) in [7, 11) is 1.37. The van der Waals surface area contributed by atoms with Gasteiger partial charge in [-0.05, 0) is 36.8 Å². The van der Waals surface area contributed by atoms with Crippen LogP contribution in [0, 0.1) is 0 Å². The Labute approximate surface area is 158 Å². The highest BCUT2D eigenvalue weighted by molar-refractivity contribution is 5.89. The summed E-state index contributed by atoms with van der Waals surface area (Å²) >= 11 is 0. The Balaban J connectivity index is 1.73. The van der Waals surface area contributed by atoms with E-state index in [4.69, 9.17) is 4.74 Å². The highest BCUT2D eigenvalue weighted by Gasteiger charge is 2.09. The third-order valence-corrected chi connectivity index (χ3v) is 4.15. The second-order valence-electron chi connectivity index (χ2n) is 5.96. The average Bonchev–Trinajstić information content (AvgIpc) is 2.73. The smallest absolute Gasteiger partial charge is 0.337 e. The first-order valence-electron chi connectivity index (χ1n) is 8.76. The van der Waals surface area contributed by atoms with Crippen LogP contribution in [0.4, 0.5) is 17.3 Å². The molecular weight excluding hydrogens is 340 g/mol. The minimum Gasteiger partial charge on any atom is -0.465 e. The van der Waals surface area contributed by atoms with Crippen molar-refractivity contribution < 1.29 is 9.53 Å². The number of nitrogens with one attached hydrogen (secondary N) is 1. The molecule has 27 heavy (non-hydrogen) atoms. The van der Waals surface area contributed by atoms with Crippen molar-refractivity contribution in [2.24, 2.45) is 0 Å². The fourth-order valence-electron chi connectivity index (χ4n) is 2.70. The van der Waals surface area contributed by atoms with Crippen LogP contribution in [0.3, 0.4) is 0 Å². The molecule has 0 unspecified atom stereocenters. The molecular formula is C21H22N4O2. The molecule has 0 fully saturated rings. The number of carbonyl (C=O) groups excluding carboxylic acids is 1. The number of nitrogens with zero attached hydrogens (tertiary/aromatic N) is 3. The second-order valence-corrected chi connectivity index (χ2v) is 5.96. The van der Waals surface area contributed by atoms with Gasteiger partial charge in [0.2, 0.25) is 0 Å². The second kappa shape index (κ2) is 8.80. The van der Waals surface area contributed by atoms with Gasteiger partial charge in [-0.2, -0.15) is 0 Å². The van der Waals surface area contributed by atoms with Gasteiger partial charge in [0, 0.05) is 24.8 Å². The van der Waals surface area contributed by atoms with Crippen LogP contribution >= 0.6 is 0 Å². The quantitative estimate of drug-likeness (QED) is 0.640. The Hall–Kier alpha value is -3.41. The maximum absolute atomic E-state index is 11.5. The Morgan fingerprint density at radius 2 is 1.81 bits per heavy atom. The van der Waals surface area contributed by atoms with Gasteiger partial charge in [0.05, 0.1) is 12.7 Å². The van der Waals surface area contributed by atoms with Gasteiger partial charge in [-0.25, -0.2) is 14.8 Å². The number of esters is 1. The van der Waals surface area contributed by atoms with Gasteiger partial charge in [-0.3, -0.25) is 0 Å². The van der Waals surface area contributed by atoms with E-state index in [0.29, 0.717) is 11.4 Å². The molecule has 0 saturated heterocycles. The van der Waals surface area contributed by atoms with Gasteiger partial charge in [-0.1, -0.05) is 30.3 Å². The Kier molecular flexibility index (Phi) is 5.99. The normalized spacial score (nSPS) is 10.3. The number of methoxy groups -OCH3 is 1. The van der Waals surface area contributed by atoms with Crippen molar-refractivity contribution in [2.75, 3.05) is 23.9 Å². The molecule has 0 aliphatic carbocycles. The number of carbonyl (C=O) groups is 1. The number of anilines is 3. The molecule has 0 aliphatic heterocycles. The summed E-state index contributed by atoms with van der Waals surface area (Å²) in [6, 6.07) is 19.3. The molecule has 0 bridgehead atoms. The van der Waals surface area contributed by atoms with Crippen LogP contribution in [0.15, 0.2) is 67.0 Å². The summed E-state index contributed by atoms with van der Waals surface area (Å²) in [5.41, 5.74) is 2.57. The van der Waals surface area contributed by atoms with Crippen LogP contribution in [-0.2, 0) is 11.3 Å². The molecule has 0 saturated carbocycles. The summed E-state index contributed by atoms with van der Waals surface area (Å²) in [6.45, 7) is 3.71. The number of hydrogen-bond acceptors (Lipinski definition) is 6. The Morgan fingerprint density at radius 1 is 1.07 bits per heavy atom. The van der Waals surface area contributed by atoms with E-state index in [1.165, 1.54) is 12.7 Å². The van der Waals surface area contributed by atoms with Crippen LogP contribution in [-0.4, -0.2) is 29.6 Å². The van der Waals surface area contributed by atoms with Crippen molar-refractivity contribution in [3.63, 3.8) is 0 Å². The Bertz CT molecular complexity index is 882. The molecule has 0 amide bonds. The van der Waals surface area contributed by atoms with E-state index in [1.807, 2.05) is 36.4 Å². The van der Waals surface area contributed by atoms with Gasteiger partial charge in [-0.15, -0.1) is 0 Å². The van der Waals surface area contributed by atoms with Gasteiger partial charge in [0.15, 0.2) is 0 Å². The topological polar surface area (TPSA) is 67.4 Å². The molecule has 1 aromatic heterocycles. The zero-order valence-corrected chi connectivity index (χ0v) is 15.4. The predicted octanol–water partition coefficient (Wildman–Crippen LogP) is 4.03. The number of hydrogen-bond donors (Lipinski definition) is 1. The fraction of sp³-hybridized carbons (Fsp3) is 0.190. The van der Waals surface area contributed by atoms with E-state index in [0.717, 1.165) is 24.6 Å². The lowest BCUT2D eigenvalue weighted by Crippen LogP contribution is -2.23. The third-order valence-electron chi connectivity index (χ3n) is 4.15. The van der Waals surface area contributed by atoms with E-state index in [1.54, 1.807) is 18.5 Å². The molecule has 0 radical (unpaired) electrons. The number of benzene rings is 2. The van der Waals surface area contributed by atoms with Crippen LogP contribution in [0.2, 0.25) is 0 Å². The molecule has 138 valence electrons. The molecule has 0 spiro atoms. The minimum atomic E-state index is -0.356. The number of rotatable bonds is 7. The fourth-order valence-corrected chi connectivity index (χ4v) is 2.70. The summed E-state index contributed by atoms with van der Waals surface area (Å²) in [5.74, 6) is 1.19. The van der Waals surface area contributed by atoms with Crippen molar-refractivity contribution in [3.8, 4) is 0 Å². The SMILES string of the molecule is CCN(Cc1ccccc1)c1cc(Nc2ccc(C(=O)OC)cc2)ncn1. The van der Waals surface area contributed by atoms with Crippen molar-refractivity contribution in [3.05, 3.63) is 78.1 Å². The molecule has 1 N–H and O–H groups in total. The zero-order valence-electron chi connectivity index (χ0n) is 15.4. The average molecular weight is 362 g/mol. The minimum absolute atomic E-state index is 0.356. The molecule has 3 rings (SSSR count). The lowest BCUT2D eigenvalue weighted by atomic mass is 10.2. The predicted molar refractivity (Wildman–Crippen MR) is 106 cm³/mol. The molecule has 1 heterocycles. The van der Waals surface area contributed by atoms with Crippen molar-refractivity contribution in [1.82, 2.24) is 9.97 Å². The van der Waals surface area contributed by atoms with Gasteiger partial charge < -0.3 is 15.0 Å². The largest absolute Gasteiger partial charge is 0.465 e. The van der Waals surface area contributed by atoms with E-state index in [-0.39, 0.29) is 5.97 Å². The molecule has 6 nitrogen and oxygen atoms in total. The summed E-state index contributed by atoms with van der Waals surface area (Å²) < 4.78 is 4.71. The van der Waals surface area contributed by atoms with Gasteiger partial charge in [0.1, 0.15) is 18.0 Å². The van der Waals surface area contributed by atoms with Crippen LogP contribution in [0.1, 0.15) is 22.8 Å². The maximum Gasteiger partial charge on any atom is 0.337 e. The molecule has 3 aromatic rings. The first-order chi connectivity index (χ1) is 13.2. The summed E-state index contributed by atoms with van der Waals surface area (Å²) in [5, 5.41) is 3.24. The van der Waals surface area contributed by atoms with E-state index < -0.39 is 0 Å². The number of ether oxygens (including phenoxy) is 1. The highest BCUT2D eigenvalue weighted by Crippen LogP contribution is 2.20. The highest BCUT2D eigenvalue weighted by atomic mass is 16.5. The number of aromatic nitrogens is 2. The van der Waals surface area contributed by atoms with Crippen molar-refractivity contribution in [1.29, 1.82) is 0 Å². The third kappa shape index (κ3) is 4.82.